The van der Waals surface area contributed by atoms with Gasteiger partial charge in [-0.2, -0.15) is 0 Å². The van der Waals surface area contributed by atoms with E-state index >= 15 is 0 Å². The second-order valence-corrected chi connectivity index (χ2v) is 14.5. The number of non-ortho nitro benzene ring substituents is 1. The molecule has 0 spiro atoms. The molecule has 0 heterocycles. The molecule has 4 nitrogen and oxygen atoms in total. The van der Waals surface area contributed by atoms with Crippen LogP contribution in [0.3, 0.4) is 0 Å². The minimum absolute atomic E-state index is 0.0683. The van der Waals surface area contributed by atoms with Gasteiger partial charge in [-0.05, 0) is 0 Å². The number of hydrogen-bond donors (Lipinski definition) is 0. The number of nitro benzene ring substituents is 1. The molecule has 0 bridgehead atoms. The molecule has 0 aromatic heterocycles. The average Bonchev–Trinajstić information content (AvgIpc) is 2.84. The number of rotatable bonds is 7. The average molecular weight is 470 g/mol. The minimum atomic E-state index is -3.21. The van der Waals surface area contributed by atoms with Crippen molar-refractivity contribution >= 4 is 38.1 Å². The van der Waals surface area contributed by atoms with Crippen LogP contribution in [0.15, 0.2) is 115 Å². The van der Waals surface area contributed by atoms with Gasteiger partial charge >= 0.3 is 184 Å². The number of carbonyl (C=O) groups excluding carboxylic acids is 1. The molecule has 4 aromatic carbocycles. The van der Waals surface area contributed by atoms with Gasteiger partial charge in [0, 0.05) is 0 Å². The Bertz CT molecular complexity index is 1100. The molecular formula is C26H21AsNO3+. The van der Waals surface area contributed by atoms with Gasteiger partial charge in [0.05, 0.1) is 0 Å². The molecule has 0 fully saturated rings. The summed E-state index contributed by atoms with van der Waals surface area (Å²) in [5, 5.41) is 11.5. The molecule has 4 rings (SSSR count). The van der Waals surface area contributed by atoms with Crippen LogP contribution in [0.4, 0.5) is 5.69 Å². The summed E-state index contributed by atoms with van der Waals surface area (Å²) in [5.74, 6) is -0.0761. The van der Waals surface area contributed by atoms with Gasteiger partial charge in [-0.15, -0.1) is 0 Å². The van der Waals surface area contributed by atoms with Crippen molar-refractivity contribution < 1.29 is 9.72 Å². The summed E-state index contributed by atoms with van der Waals surface area (Å²) in [6.07, 6.45) is 0. The van der Waals surface area contributed by atoms with Crippen molar-refractivity contribution in [1.82, 2.24) is 0 Å². The van der Waals surface area contributed by atoms with Gasteiger partial charge < -0.3 is 0 Å². The third-order valence-corrected chi connectivity index (χ3v) is 14.4. The molecule has 0 saturated heterocycles. The van der Waals surface area contributed by atoms with Gasteiger partial charge in [-0.25, -0.2) is 0 Å². The fourth-order valence-corrected chi connectivity index (χ4v) is 12.5. The molecule has 0 radical (unpaired) electrons. The predicted molar refractivity (Wildman–Crippen MR) is 126 cm³/mol. The Hall–Kier alpha value is -3.49. The maximum atomic E-state index is 13.6. The van der Waals surface area contributed by atoms with Crippen LogP contribution in [-0.4, -0.2) is 24.3 Å². The van der Waals surface area contributed by atoms with E-state index in [-0.39, 0.29) is 11.5 Å². The Morgan fingerprint density at radius 1 is 0.677 bits per heavy atom. The molecular weight excluding hydrogens is 449 g/mol. The molecule has 31 heavy (non-hydrogen) atoms. The molecule has 0 saturated carbocycles. The number of carbonyl (C=O) groups is 1. The molecule has 0 amide bonds. The van der Waals surface area contributed by atoms with E-state index in [1.54, 1.807) is 12.1 Å². The van der Waals surface area contributed by atoms with Crippen LogP contribution < -0.4 is 13.1 Å². The monoisotopic (exact) mass is 470 g/mol. The van der Waals surface area contributed by atoms with Gasteiger partial charge in [-0.1, -0.05) is 0 Å². The van der Waals surface area contributed by atoms with E-state index in [1.807, 2.05) is 54.6 Å². The molecule has 0 unspecified atom stereocenters. The van der Waals surface area contributed by atoms with Gasteiger partial charge in [0.1, 0.15) is 0 Å². The number of benzene rings is 4. The second kappa shape index (κ2) is 9.11. The number of nitrogens with zero attached hydrogens (tertiary/aromatic N) is 1. The number of Topliss-reactive ketones (excluding diaryl/α,β-unsaturated/α-hetero) is 1. The van der Waals surface area contributed by atoms with Gasteiger partial charge in [0.2, 0.25) is 0 Å². The number of hydrogen-bond acceptors (Lipinski definition) is 3. The van der Waals surface area contributed by atoms with Crippen molar-refractivity contribution in [2.24, 2.45) is 0 Å². The first kappa shape index (κ1) is 20.8. The first-order chi connectivity index (χ1) is 15.1. The van der Waals surface area contributed by atoms with Crippen LogP contribution >= 0.6 is 0 Å². The van der Waals surface area contributed by atoms with Crippen molar-refractivity contribution in [1.29, 1.82) is 0 Å². The summed E-state index contributed by atoms with van der Waals surface area (Å²) in [6.45, 7) is 0. The summed E-state index contributed by atoms with van der Waals surface area (Å²) in [5.41, 5.74) is 0.309. The number of nitro groups is 1. The third kappa shape index (κ3) is 4.21. The van der Waals surface area contributed by atoms with Crippen LogP contribution in [0, 0.1) is 10.1 Å². The standard InChI is InChI=1S/C26H21AsNO3/c29-26(21-11-10-18-25(19-21)28(30)31)20-27(22-12-4-1-5-13-22,23-14-6-2-7-15-23)24-16-8-3-9-17-24/h1-19H,20H2/q+1. The van der Waals surface area contributed by atoms with Crippen molar-refractivity contribution in [3.63, 3.8) is 0 Å². The summed E-state index contributed by atoms with van der Waals surface area (Å²) >= 11 is -3.21. The van der Waals surface area contributed by atoms with E-state index in [4.69, 9.17) is 0 Å². The van der Waals surface area contributed by atoms with E-state index < -0.39 is 18.5 Å². The Morgan fingerprint density at radius 3 is 1.55 bits per heavy atom. The molecule has 0 N–H and O–H groups in total. The summed E-state index contributed by atoms with van der Waals surface area (Å²) in [6, 6.07) is 36.7. The zero-order valence-corrected chi connectivity index (χ0v) is 18.7. The normalized spacial score (nSPS) is 11.1. The van der Waals surface area contributed by atoms with Crippen molar-refractivity contribution in [2.45, 2.75) is 5.21 Å². The molecule has 0 atom stereocenters. The SMILES string of the molecule is O=C(C[As+](c1ccccc1)(c1ccccc1)c1ccccc1)c1cccc([N+](=O)[O-])c1. The van der Waals surface area contributed by atoms with Crippen molar-refractivity contribution in [2.75, 3.05) is 0 Å². The molecule has 152 valence electrons. The van der Waals surface area contributed by atoms with E-state index in [2.05, 4.69) is 36.4 Å². The van der Waals surface area contributed by atoms with Gasteiger partial charge in [-0.3, -0.25) is 0 Å². The van der Waals surface area contributed by atoms with Crippen molar-refractivity contribution in [3.8, 4) is 0 Å². The molecule has 5 heteroatoms. The maximum absolute atomic E-state index is 13.6. The zero-order valence-electron chi connectivity index (χ0n) is 16.8. The van der Waals surface area contributed by atoms with Crippen molar-refractivity contribution in [3.05, 3.63) is 131 Å². The Kier molecular flexibility index (Phi) is 6.10. The van der Waals surface area contributed by atoms with Crippen LogP contribution in [0.2, 0.25) is 5.21 Å². The summed E-state index contributed by atoms with van der Waals surface area (Å²) in [4.78, 5) is 24.3. The van der Waals surface area contributed by atoms with E-state index in [9.17, 15) is 14.9 Å². The predicted octanol–water partition coefficient (Wildman–Crippen LogP) is 3.95. The summed E-state index contributed by atoms with van der Waals surface area (Å²) < 4.78 is 3.49. The quantitative estimate of drug-likeness (QED) is 0.178. The third-order valence-electron chi connectivity index (χ3n) is 5.35. The zero-order chi connectivity index (χ0) is 21.7. The van der Waals surface area contributed by atoms with Crippen LogP contribution in [0.1, 0.15) is 10.4 Å². The van der Waals surface area contributed by atoms with Crippen LogP contribution in [0.25, 0.3) is 0 Å². The molecule has 0 aliphatic rings. The van der Waals surface area contributed by atoms with E-state index in [0.29, 0.717) is 10.8 Å². The summed E-state index contributed by atoms with van der Waals surface area (Å²) in [7, 11) is 0. The first-order valence-electron chi connectivity index (χ1n) is 9.94. The van der Waals surface area contributed by atoms with Crippen LogP contribution in [0.5, 0.6) is 0 Å². The topological polar surface area (TPSA) is 60.2 Å². The molecule has 4 aromatic rings. The Morgan fingerprint density at radius 2 is 1.13 bits per heavy atom. The van der Waals surface area contributed by atoms with Gasteiger partial charge in [0.15, 0.2) is 0 Å². The Balaban J connectivity index is 1.91. The van der Waals surface area contributed by atoms with Crippen LogP contribution in [-0.2, 0) is 0 Å². The first-order valence-corrected chi connectivity index (χ1v) is 14.1. The molecule has 0 aliphatic carbocycles. The van der Waals surface area contributed by atoms with E-state index in [0.717, 1.165) is 13.1 Å². The number of ketones is 1. The van der Waals surface area contributed by atoms with E-state index in [1.165, 1.54) is 12.1 Å². The van der Waals surface area contributed by atoms with Gasteiger partial charge in [0.25, 0.3) is 0 Å². The Labute approximate surface area is 183 Å². The second-order valence-electron chi connectivity index (χ2n) is 7.21. The fraction of sp³-hybridized carbons (Fsp3) is 0.0385. The molecule has 0 aliphatic heterocycles. The fourth-order valence-electron chi connectivity index (χ4n) is 3.87.